The number of H-pyrrole nitrogens is 1. The molecule has 1 fully saturated rings. The van der Waals surface area contributed by atoms with Crippen LogP contribution in [0.5, 0.6) is 0 Å². The van der Waals surface area contributed by atoms with E-state index in [9.17, 15) is 0 Å². The van der Waals surface area contributed by atoms with E-state index in [1.165, 1.54) is 11.9 Å². The van der Waals surface area contributed by atoms with Crippen molar-refractivity contribution in [2.75, 3.05) is 5.32 Å². The molecule has 100 valence electrons. The van der Waals surface area contributed by atoms with Gasteiger partial charge in [-0.1, -0.05) is 23.7 Å². The van der Waals surface area contributed by atoms with Crippen molar-refractivity contribution < 1.29 is 0 Å². The standard InChI is InChI=1S/C14H12ClN5/c15-9-3-1-2-8(4-9)10-5-11(10)20-14-12-13(17-6-16-12)18-7-19-14/h1-4,6-7,10-11H,5H2,(H2,16,17,18,19,20)/t10-,11+/m0/s1. The van der Waals surface area contributed by atoms with Gasteiger partial charge in [-0.25, -0.2) is 15.0 Å². The zero-order valence-electron chi connectivity index (χ0n) is 10.5. The van der Waals surface area contributed by atoms with Gasteiger partial charge in [-0.2, -0.15) is 0 Å². The summed E-state index contributed by atoms with van der Waals surface area (Å²) in [6.45, 7) is 0. The number of nitrogens with zero attached hydrogens (tertiary/aromatic N) is 3. The maximum Gasteiger partial charge on any atom is 0.182 e. The third-order valence-electron chi connectivity index (χ3n) is 3.61. The second-order valence-electron chi connectivity index (χ2n) is 4.97. The number of rotatable bonds is 3. The number of imidazole rings is 1. The van der Waals surface area contributed by atoms with Gasteiger partial charge in [-0.05, 0) is 24.1 Å². The molecule has 2 N–H and O–H groups in total. The second kappa shape index (κ2) is 4.45. The highest BCUT2D eigenvalue weighted by molar-refractivity contribution is 6.30. The lowest BCUT2D eigenvalue weighted by Gasteiger charge is -2.05. The Kier molecular flexibility index (Phi) is 2.60. The first-order valence-corrected chi connectivity index (χ1v) is 6.85. The summed E-state index contributed by atoms with van der Waals surface area (Å²) in [5.74, 6) is 1.30. The Balaban J connectivity index is 1.56. The number of nitrogens with one attached hydrogen (secondary N) is 2. The van der Waals surface area contributed by atoms with Crippen LogP contribution in [0.15, 0.2) is 36.9 Å². The van der Waals surface area contributed by atoms with E-state index in [2.05, 4.69) is 31.3 Å². The molecule has 3 aromatic rings. The molecule has 1 aliphatic rings. The molecule has 1 aliphatic carbocycles. The molecule has 4 rings (SSSR count). The first kappa shape index (κ1) is 11.7. The van der Waals surface area contributed by atoms with Gasteiger partial charge in [0.2, 0.25) is 0 Å². The predicted molar refractivity (Wildman–Crippen MR) is 77.9 cm³/mol. The average molecular weight is 286 g/mol. The predicted octanol–water partition coefficient (Wildman–Crippen LogP) is 2.97. The van der Waals surface area contributed by atoms with Gasteiger partial charge >= 0.3 is 0 Å². The summed E-state index contributed by atoms with van der Waals surface area (Å²) in [6.07, 6.45) is 4.24. The van der Waals surface area contributed by atoms with E-state index in [0.29, 0.717) is 17.6 Å². The molecular weight excluding hydrogens is 274 g/mol. The minimum atomic E-state index is 0.384. The smallest absolute Gasteiger partial charge is 0.182 e. The summed E-state index contributed by atoms with van der Waals surface area (Å²) >= 11 is 6.03. The Morgan fingerprint density at radius 3 is 3.10 bits per heavy atom. The molecule has 1 aromatic carbocycles. The van der Waals surface area contributed by atoms with E-state index in [0.717, 1.165) is 22.8 Å². The summed E-state index contributed by atoms with van der Waals surface area (Å²) in [7, 11) is 0. The maximum absolute atomic E-state index is 6.03. The maximum atomic E-state index is 6.03. The van der Waals surface area contributed by atoms with E-state index in [1.54, 1.807) is 6.33 Å². The lowest BCUT2D eigenvalue weighted by molar-refractivity contribution is 1.03. The third-order valence-corrected chi connectivity index (χ3v) is 3.85. The summed E-state index contributed by atoms with van der Waals surface area (Å²) in [5, 5.41) is 4.23. The summed E-state index contributed by atoms with van der Waals surface area (Å²) in [5.41, 5.74) is 2.80. The number of halogens is 1. The minimum absolute atomic E-state index is 0.384. The fraction of sp³-hybridized carbons (Fsp3) is 0.214. The quantitative estimate of drug-likeness (QED) is 0.776. The summed E-state index contributed by atoms with van der Waals surface area (Å²) in [6, 6.07) is 8.41. The largest absolute Gasteiger partial charge is 0.365 e. The molecule has 2 heterocycles. The molecular formula is C14H12ClN5. The Bertz CT molecular complexity index is 769. The van der Waals surface area contributed by atoms with Crippen molar-refractivity contribution in [3.63, 3.8) is 0 Å². The van der Waals surface area contributed by atoms with Gasteiger partial charge in [0.05, 0.1) is 6.33 Å². The molecule has 6 heteroatoms. The van der Waals surface area contributed by atoms with Gasteiger partial charge in [0, 0.05) is 17.0 Å². The normalized spacial score (nSPS) is 21.1. The molecule has 20 heavy (non-hydrogen) atoms. The number of anilines is 1. The van der Waals surface area contributed by atoms with E-state index >= 15 is 0 Å². The monoisotopic (exact) mass is 285 g/mol. The molecule has 5 nitrogen and oxygen atoms in total. The fourth-order valence-electron chi connectivity index (χ4n) is 2.51. The lowest BCUT2D eigenvalue weighted by atomic mass is 10.1. The van der Waals surface area contributed by atoms with Crippen LogP contribution in [-0.2, 0) is 0 Å². The van der Waals surface area contributed by atoms with Gasteiger partial charge in [-0.3, -0.25) is 0 Å². The molecule has 1 saturated carbocycles. The number of fused-ring (bicyclic) bond motifs is 1. The van der Waals surface area contributed by atoms with E-state index < -0.39 is 0 Å². The summed E-state index contributed by atoms with van der Waals surface area (Å²) in [4.78, 5) is 15.6. The zero-order valence-corrected chi connectivity index (χ0v) is 11.3. The molecule has 2 atom stereocenters. The van der Waals surface area contributed by atoms with E-state index in [1.807, 2.05) is 18.2 Å². The molecule has 0 bridgehead atoms. The van der Waals surface area contributed by atoms with Gasteiger partial charge in [-0.15, -0.1) is 0 Å². The molecule has 0 aliphatic heterocycles. The van der Waals surface area contributed by atoms with Crippen LogP contribution in [0.2, 0.25) is 5.02 Å². The van der Waals surface area contributed by atoms with E-state index in [4.69, 9.17) is 11.6 Å². The van der Waals surface area contributed by atoms with Gasteiger partial charge in [0.15, 0.2) is 11.5 Å². The van der Waals surface area contributed by atoms with Gasteiger partial charge in [0.25, 0.3) is 0 Å². The van der Waals surface area contributed by atoms with E-state index in [-0.39, 0.29) is 0 Å². The molecule has 0 saturated heterocycles. The molecule has 0 amide bonds. The van der Waals surface area contributed by atoms with Gasteiger partial charge in [0.1, 0.15) is 11.8 Å². The van der Waals surface area contributed by atoms with Crippen LogP contribution in [0.25, 0.3) is 11.2 Å². The minimum Gasteiger partial charge on any atom is -0.365 e. The Labute approximate surface area is 120 Å². The van der Waals surface area contributed by atoms with Crippen LogP contribution in [0, 0.1) is 0 Å². The Morgan fingerprint density at radius 2 is 2.20 bits per heavy atom. The first-order valence-electron chi connectivity index (χ1n) is 6.47. The van der Waals surface area contributed by atoms with Crippen LogP contribution in [0.3, 0.4) is 0 Å². The molecule has 0 unspecified atom stereocenters. The number of aromatic amines is 1. The SMILES string of the molecule is Clc1cccc([C@@H]2C[C@H]2Nc2ncnc3nc[nH]c23)c1. The topological polar surface area (TPSA) is 66.5 Å². The van der Waals surface area contributed by atoms with Crippen molar-refractivity contribution in [3.8, 4) is 0 Å². The van der Waals surface area contributed by atoms with Crippen molar-refractivity contribution in [3.05, 3.63) is 47.5 Å². The lowest BCUT2D eigenvalue weighted by Crippen LogP contribution is -2.06. The van der Waals surface area contributed by atoms with Crippen LogP contribution < -0.4 is 5.32 Å². The van der Waals surface area contributed by atoms with Crippen LogP contribution in [0.1, 0.15) is 17.9 Å². The first-order chi connectivity index (χ1) is 9.81. The Hall–Kier alpha value is -2.14. The van der Waals surface area contributed by atoms with Gasteiger partial charge < -0.3 is 10.3 Å². The number of hydrogen-bond acceptors (Lipinski definition) is 4. The van der Waals surface area contributed by atoms with Crippen LogP contribution in [0.4, 0.5) is 5.82 Å². The zero-order chi connectivity index (χ0) is 13.5. The number of hydrogen-bond donors (Lipinski definition) is 2. The summed E-state index contributed by atoms with van der Waals surface area (Å²) < 4.78 is 0. The fourth-order valence-corrected chi connectivity index (χ4v) is 2.71. The molecule has 0 radical (unpaired) electrons. The highest BCUT2D eigenvalue weighted by Gasteiger charge is 2.39. The third kappa shape index (κ3) is 2.00. The number of aromatic nitrogens is 4. The van der Waals surface area contributed by atoms with Crippen LogP contribution >= 0.6 is 11.6 Å². The van der Waals surface area contributed by atoms with Crippen molar-refractivity contribution in [2.24, 2.45) is 0 Å². The highest BCUT2D eigenvalue weighted by atomic mass is 35.5. The Morgan fingerprint density at radius 1 is 1.25 bits per heavy atom. The average Bonchev–Trinajstić information content (AvgIpc) is 3.04. The van der Waals surface area contributed by atoms with Crippen LogP contribution in [-0.4, -0.2) is 26.0 Å². The van der Waals surface area contributed by atoms with Crippen molar-refractivity contribution in [1.29, 1.82) is 0 Å². The number of benzene rings is 1. The second-order valence-corrected chi connectivity index (χ2v) is 5.41. The highest BCUT2D eigenvalue weighted by Crippen LogP contribution is 2.43. The van der Waals surface area contributed by atoms with Crippen molar-refractivity contribution >= 4 is 28.6 Å². The molecule has 0 spiro atoms. The van der Waals surface area contributed by atoms with Crippen molar-refractivity contribution in [1.82, 2.24) is 19.9 Å². The van der Waals surface area contributed by atoms with Crippen molar-refractivity contribution in [2.45, 2.75) is 18.4 Å². The molecule has 2 aromatic heterocycles.